The van der Waals surface area contributed by atoms with Crippen LogP contribution in [-0.4, -0.2) is 23.7 Å². The van der Waals surface area contributed by atoms with Crippen LogP contribution in [0.4, 0.5) is 5.69 Å². The summed E-state index contributed by atoms with van der Waals surface area (Å²) < 4.78 is 0. The van der Waals surface area contributed by atoms with Crippen molar-refractivity contribution < 1.29 is 9.90 Å². The average molecular weight is 276 g/mol. The standard InChI is InChI=1S/C12H15Cl2NO2/c1-3-11(12(16)17)15(4-2)8-5-6-9(13)10(14)7-8/h5-7,11H,3-4H2,1-2H3,(H,16,17)/t11-/m1/s1. The summed E-state index contributed by atoms with van der Waals surface area (Å²) in [6.07, 6.45) is 0.531. The molecule has 0 heterocycles. The van der Waals surface area contributed by atoms with E-state index in [1.54, 1.807) is 23.1 Å². The first kappa shape index (κ1) is 14.1. The summed E-state index contributed by atoms with van der Waals surface area (Å²) in [5.74, 6) is -0.833. The second-order valence-corrected chi connectivity index (χ2v) is 4.46. The van der Waals surface area contributed by atoms with Gasteiger partial charge in [0.15, 0.2) is 0 Å². The highest BCUT2D eigenvalue weighted by Crippen LogP contribution is 2.28. The van der Waals surface area contributed by atoms with Crippen LogP contribution in [-0.2, 0) is 4.79 Å². The van der Waals surface area contributed by atoms with Gasteiger partial charge < -0.3 is 10.0 Å². The third kappa shape index (κ3) is 3.27. The molecule has 0 unspecified atom stereocenters. The number of rotatable bonds is 5. The zero-order chi connectivity index (χ0) is 13.0. The van der Waals surface area contributed by atoms with E-state index in [-0.39, 0.29) is 0 Å². The predicted octanol–water partition coefficient (Wildman–Crippen LogP) is 3.68. The van der Waals surface area contributed by atoms with Crippen LogP contribution < -0.4 is 4.90 Å². The molecular formula is C12H15Cl2NO2. The van der Waals surface area contributed by atoms with Crippen LogP contribution in [0.15, 0.2) is 18.2 Å². The molecule has 1 rings (SSSR count). The first-order chi connectivity index (χ1) is 8.01. The molecule has 1 aromatic carbocycles. The molecule has 0 spiro atoms. The number of aliphatic carboxylic acids is 1. The van der Waals surface area contributed by atoms with Crippen molar-refractivity contribution in [1.29, 1.82) is 0 Å². The number of halogens is 2. The molecule has 0 saturated heterocycles. The molecule has 0 aliphatic heterocycles. The Morgan fingerprint density at radius 1 is 1.35 bits per heavy atom. The Morgan fingerprint density at radius 3 is 2.41 bits per heavy atom. The van der Waals surface area contributed by atoms with E-state index in [0.29, 0.717) is 23.0 Å². The number of anilines is 1. The minimum atomic E-state index is -0.833. The monoisotopic (exact) mass is 275 g/mol. The molecule has 94 valence electrons. The van der Waals surface area contributed by atoms with Crippen molar-refractivity contribution in [3.05, 3.63) is 28.2 Å². The number of nitrogens with zero attached hydrogens (tertiary/aromatic N) is 1. The van der Waals surface area contributed by atoms with Crippen LogP contribution in [0, 0.1) is 0 Å². The van der Waals surface area contributed by atoms with E-state index in [1.165, 1.54) is 0 Å². The van der Waals surface area contributed by atoms with E-state index in [1.807, 2.05) is 13.8 Å². The smallest absolute Gasteiger partial charge is 0.326 e. The highest BCUT2D eigenvalue weighted by atomic mass is 35.5. The number of hydrogen-bond donors (Lipinski definition) is 1. The number of carboxylic acid groups (broad SMARTS) is 1. The fraction of sp³-hybridized carbons (Fsp3) is 0.417. The number of benzene rings is 1. The van der Waals surface area contributed by atoms with Crippen molar-refractivity contribution in [2.24, 2.45) is 0 Å². The summed E-state index contributed by atoms with van der Waals surface area (Å²) in [7, 11) is 0. The predicted molar refractivity (Wildman–Crippen MR) is 71.2 cm³/mol. The van der Waals surface area contributed by atoms with Crippen LogP contribution in [0.25, 0.3) is 0 Å². The molecule has 17 heavy (non-hydrogen) atoms. The Labute approximate surface area is 111 Å². The van der Waals surface area contributed by atoms with Crippen LogP contribution in [0.5, 0.6) is 0 Å². The van der Waals surface area contributed by atoms with Gasteiger partial charge in [0.1, 0.15) is 6.04 Å². The van der Waals surface area contributed by atoms with Gasteiger partial charge in [0, 0.05) is 12.2 Å². The summed E-state index contributed by atoms with van der Waals surface area (Å²) >= 11 is 11.8. The topological polar surface area (TPSA) is 40.5 Å². The quantitative estimate of drug-likeness (QED) is 0.891. The molecule has 0 saturated carbocycles. The number of likely N-dealkylation sites (N-methyl/N-ethyl adjacent to an activating group) is 1. The van der Waals surface area contributed by atoms with E-state index in [4.69, 9.17) is 28.3 Å². The van der Waals surface area contributed by atoms with Crippen LogP contribution in [0.2, 0.25) is 10.0 Å². The zero-order valence-electron chi connectivity index (χ0n) is 9.78. The van der Waals surface area contributed by atoms with Crippen LogP contribution in [0.3, 0.4) is 0 Å². The van der Waals surface area contributed by atoms with E-state index in [9.17, 15) is 4.79 Å². The highest BCUT2D eigenvalue weighted by molar-refractivity contribution is 6.42. The zero-order valence-corrected chi connectivity index (χ0v) is 11.3. The number of carbonyl (C=O) groups is 1. The molecule has 0 radical (unpaired) electrons. The Kier molecular flexibility index (Phi) is 5.09. The van der Waals surface area contributed by atoms with Crippen LogP contribution in [0.1, 0.15) is 20.3 Å². The molecule has 0 aliphatic carbocycles. The maximum absolute atomic E-state index is 11.2. The summed E-state index contributed by atoms with van der Waals surface area (Å²) in [5, 5.41) is 10.1. The minimum Gasteiger partial charge on any atom is -0.480 e. The normalized spacial score (nSPS) is 12.2. The molecule has 1 aromatic rings. The molecule has 1 atom stereocenters. The van der Waals surface area contributed by atoms with E-state index in [0.717, 1.165) is 5.69 Å². The van der Waals surface area contributed by atoms with E-state index >= 15 is 0 Å². The maximum Gasteiger partial charge on any atom is 0.326 e. The van der Waals surface area contributed by atoms with Crippen molar-refractivity contribution in [3.63, 3.8) is 0 Å². The molecule has 0 aromatic heterocycles. The first-order valence-electron chi connectivity index (χ1n) is 5.45. The summed E-state index contributed by atoms with van der Waals surface area (Å²) in [5.41, 5.74) is 0.774. The van der Waals surface area contributed by atoms with Crippen LogP contribution >= 0.6 is 23.2 Å². The van der Waals surface area contributed by atoms with E-state index in [2.05, 4.69) is 0 Å². The molecular weight excluding hydrogens is 261 g/mol. The third-order valence-electron chi connectivity index (χ3n) is 2.62. The largest absolute Gasteiger partial charge is 0.480 e. The van der Waals surface area contributed by atoms with Gasteiger partial charge in [-0.3, -0.25) is 0 Å². The Balaban J connectivity index is 3.08. The highest BCUT2D eigenvalue weighted by Gasteiger charge is 2.23. The lowest BCUT2D eigenvalue weighted by atomic mass is 10.1. The first-order valence-corrected chi connectivity index (χ1v) is 6.21. The van der Waals surface area contributed by atoms with Gasteiger partial charge in [0.2, 0.25) is 0 Å². The molecule has 0 aliphatic rings. The fourth-order valence-electron chi connectivity index (χ4n) is 1.77. The molecule has 5 heteroatoms. The van der Waals surface area contributed by atoms with Gasteiger partial charge in [-0.2, -0.15) is 0 Å². The van der Waals surface area contributed by atoms with Gasteiger partial charge in [-0.1, -0.05) is 30.1 Å². The van der Waals surface area contributed by atoms with Gasteiger partial charge in [-0.05, 0) is 31.5 Å². The SMILES string of the molecule is CC[C@H](C(=O)O)N(CC)c1ccc(Cl)c(Cl)c1. The Morgan fingerprint density at radius 2 is 2.00 bits per heavy atom. The minimum absolute atomic E-state index is 0.433. The number of carboxylic acids is 1. The van der Waals surface area contributed by atoms with Gasteiger partial charge in [0.05, 0.1) is 10.0 Å². The van der Waals surface area contributed by atoms with Crippen molar-refractivity contribution in [1.82, 2.24) is 0 Å². The molecule has 0 bridgehead atoms. The third-order valence-corrected chi connectivity index (χ3v) is 3.36. The average Bonchev–Trinajstić information content (AvgIpc) is 2.29. The summed E-state index contributed by atoms with van der Waals surface area (Å²) in [6.45, 7) is 4.36. The van der Waals surface area contributed by atoms with Crippen molar-refractivity contribution in [2.75, 3.05) is 11.4 Å². The lowest BCUT2D eigenvalue weighted by Gasteiger charge is -2.29. The van der Waals surface area contributed by atoms with Crippen molar-refractivity contribution in [3.8, 4) is 0 Å². The fourth-order valence-corrected chi connectivity index (χ4v) is 2.07. The van der Waals surface area contributed by atoms with Gasteiger partial charge in [-0.25, -0.2) is 4.79 Å². The lowest BCUT2D eigenvalue weighted by Crippen LogP contribution is -2.40. The molecule has 1 N–H and O–H groups in total. The Hall–Kier alpha value is -0.930. The second-order valence-electron chi connectivity index (χ2n) is 3.65. The van der Waals surface area contributed by atoms with Crippen molar-refractivity contribution in [2.45, 2.75) is 26.3 Å². The van der Waals surface area contributed by atoms with E-state index < -0.39 is 12.0 Å². The second kappa shape index (κ2) is 6.12. The van der Waals surface area contributed by atoms with Crippen molar-refractivity contribution >= 4 is 34.9 Å². The summed E-state index contributed by atoms with van der Waals surface area (Å²) in [6, 6.07) is 4.61. The Bertz CT molecular complexity index is 409. The molecule has 0 amide bonds. The molecule has 3 nitrogen and oxygen atoms in total. The van der Waals surface area contributed by atoms with Gasteiger partial charge in [-0.15, -0.1) is 0 Å². The summed E-state index contributed by atoms with van der Waals surface area (Å²) in [4.78, 5) is 13.0. The van der Waals surface area contributed by atoms with Gasteiger partial charge >= 0.3 is 5.97 Å². The van der Waals surface area contributed by atoms with Gasteiger partial charge in [0.25, 0.3) is 0 Å². The maximum atomic E-state index is 11.2. The lowest BCUT2D eigenvalue weighted by molar-refractivity contribution is -0.138. The number of hydrogen-bond acceptors (Lipinski definition) is 2. The molecule has 0 fully saturated rings.